The molecule has 4 N–H and O–H groups in total. The average Bonchev–Trinajstić information content (AvgIpc) is 2.89. The van der Waals surface area contributed by atoms with Crippen LogP contribution in [0.15, 0.2) is 59.6 Å². The van der Waals surface area contributed by atoms with Crippen molar-refractivity contribution in [3.8, 4) is 5.75 Å². The number of benzene rings is 2. The predicted octanol–water partition coefficient (Wildman–Crippen LogP) is 3.16. The van der Waals surface area contributed by atoms with Crippen molar-refractivity contribution in [2.45, 2.75) is 11.3 Å². The fourth-order valence-electron chi connectivity index (χ4n) is 3.22. The maximum Gasteiger partial charge on any atom is 0.337 e. The molecule has 3 rings (SSSR count). The Balaban J connectivity index is 1.99. The highest BCUT2D eigenvalue weighted by Gasteiger charge is 2.21. The minimum absolute atomic E-state index is 0.00335. The molecule has 0 radical (unpaired) electrons. The van der Waals surface area contributed by atoms with Crippen LogP contribution in [-0.2, 0) is 14.6 Å². The van der Waals surface area contributed by atoms with Gasteiger partial charge in [0.1, 0.15) is 11.6 Å². The molecule has 0 aliphatic heterocycles. The van der Waals surface area contributed by atoms with Crippen LogP contribution in [0.25, 0.3) is 0 Å². The van der Waals surface area contributed by atoms with Gasteiger partial charge in [0.2, 0.25) is 0 Å². The smallest absolute Gasteiger partial charge is 0.337 e. The molecule has 38 heavy (non-hydrogen) atoms. The Labute approximate surface area is 224 Å². The molecule has 0 saturated heterocycles. The highest BCUT2D eigenvalue weighted by molar-refractivity contribution is 7.90. The molecule has 13 heteroatoms. The molecular weight excluding hydrogens is 536 g/mol. The summed E-state index contributed by atoms with van der Waals surface area (Å²) in [6, 6.07) is 10.8. The second-order valence-corrected chi connectivity index (χ2v) is 10.4. The van der Waals surface area contributed by atoms with Crippen LogP contribution in [0.2, 0.25) is 5.02 Å². The Bertz CT molecular complexity index is 1460. The van der Waals surface area contributed by atoms with E-state index in [4.69, 9.17) is 26.8 Å². The van der Waals surface area contributed by atoms with Crippen molar-refractivity contribution in [1.82, 2.24) is 4.98 Å². The molecule has 0 atom stereocenters. The number of aromatic nitrogens is 1. The number of halogens is 1. The van der Waals surface area contributed by atoms with E-state index in [1.54, 1.807) is 6.07 Å². The first kappa shape index (κ1) is 28.6. The number of nitrogens with two attached hydrogens (primary N) is 1. The van der Waals surface area contributed by atoms with Crippen molar-refractivity contribution in [2.24, 2.45) is 5.73 Å². The molecule has 0 aliphatic carbocycles. The van der Waals surface area contributed by atoms with Crippen molar-refractivity contribution in [3.63, 3.8) is 0 Å². The van der Waals surface area contributed by atoms with Crippen molar-refractivity contribution in [1.29, 1.82) is 0 Å². The van der Waals surface area contributed by atoms with Crippen LogP contribution in [0, 0.1) is 0 Å². The zero-order valence-electron chi connectivity index (χ0n) is 20.5. The van der Waals surface area contributed by atoms with E-state index in [0.717, 1.165) is 6.26 Å². The first-order chi connectivity index (χ1) is 18.0. The number of methoxy groups -OCH3 is 1. The van der Waals surface area contributed by atoms with Crippen LogP contribution in [-0.4, -0.2) is 57.7 Å². The van der Waals surface area contributed by atoms with Gasteiger partial charge in [0.05, 0.1) is 46.0 Å². The lowest BCUT2D eigenvalue weighted by Gasteiger charge is -2.15. The monoisotopic (exact) mass is 560 g/mol. The van der Waals surface area contributed by atoms with Crippen molar-refractivity contribution in [3.05, 3.63) is 76.4 Å². The lowest BCUT2D eigenvalue weighted by Crippen LogP contribution is -2.20. The molecule has 11 nitrogen and oxygen atoms in total. The van der Waals surface area contributed by atoms with Gasteiger partial charge in [-0.15, -0.1) is 0 Å². The molecule has 1 aromatic heterocycles. The molecule has 1 heterocycles. The van der Waals surface area contributed by atoms with Gasteiger partial charge >= 0.3 is 5.97 Å². The van der Waals surface area contributed by atoms with Crippen LogP contribution in [0.4, 0.5) is 11.5 Å². The number of esters is 1. The summed E-state index contributed by atoms with van der Waals surface area (Å²) in [6.07, 6.45) is 2.85. The fourth-order valence-corrected chi connectivity index (χ4v) is 3.97. The number of ether oxygens (including phenoxy) is 2. The van der Waals surface area contributed by atoms with Crippen LogP contribution < -0.4 is 21.1 Å². The topological polar surface area (TPSA) is 167 Å². The molecule has 0 saturated carbocycles. The number of amides is 2. The second-order valence-electron chi connectivity index (χ2n) is 7.94. The molecule has 0 fully saturated rings. The Kier molecular flexibility index (Phi) is 9.40. The van der Waals surface area contributed by atoms with Gasteiger partial charge in [0.15, 0.2) is 9.84 Å². The van der Waals surface area contributed by atoms with Crippen LogP contribution in [0.1, 0.15) is 37.5 Å². The number of sulfone groups is 1. The summed E-state index contributed by atoms with van der Waals surface area (Å²) in [7, 11) is -2.38. The van der Waals surface area contributed by atoms with E-state index in [2.05, 4.69) is 15.6 Å². The molecular formula is C25H25ClN4O7S. The number of rotatable bonds is 10. The molecule has 2 amide bonds. The number of nitrogens with zero attached hydrogens (tertiary/aromatic N) is 1. The standard InChI is InChI=1S/C25H25ClN4O7S/c1-36-25(33)15-4-7-18(23(31)30-22-9-5-16(26)14-28-22)20(12-15)29-24(32)19-8-6-17(38(2,34)35)13-21(19)37-11-3-10-27/h4-9,12-14H,3,10-11,27H2,1-2H3,(H,29,32)(H,28,30,31). The summed E-state index contributed by atoms with van der Waals surface area (Å²) in [6.45, 7) is 0.470. The summed E-state index contributed by atoms with van der Waals surface area (Å²) in [4.78, 5) is 42.4. The van der Waals surface area contributed by atoms with Gasteiger partial charge in [-0.2, -0.15) is 0 Å². The number of anilines is 2. The van der Waals surface area contributed by atoms with Crippen molar-refractivity contribution in [2.75, 3.05) is 37.2 Å². The van der Waals surface area contributed by atoms with E-state index in [0.29, 0.717) is 18.0 Å². The van der Waals surface area contributed by atoms with Crippen LogP contribution >= 0.6 is 11.6 Å². The Morgan fingerprint density at radius 3 is 2.34 bits per heavy atom. The molecule has 0 spiro atoms. The van der Waals surface area contributed by atoms with E-state index < -0.39 is 27.6 Å². The minimum atomic E-state index is -3.58. The SMILES string of the molecule is COC(=O)c1ccc(C(=O)Nc2ccc(Cl)cn2)c(NC(=O)c2ccc(S(C)(=O)=O)cc2OCCCN)c1. The van der Waals surface area contributed by atoms with Gasteiger partial charge in [0.25, 0.3) is 11.8 Å². The zero-order valence-corrected chi connectivity index (χ0v) is 22.1. The average molecular weight is 561 g/mol. The first-order valence-corrected chi connectivity index (χ1v) is 13.4. The Morgan fingerprint density at radius 1 is 1.00 bits per heavy atom. The quantitative estimate of drug-likeness (QED) is 0.249. The summed E-state index contributed by atoms with van der Waals surface area (Å²) < 4.78 is 34.4. The van der Waals surface area contributed by atoms with Gasteiger partial charge in [0, 0.05) is 12.5 Å². The number of pyridine rings is 1. The molecule has 0 bridgehead atoms. The summed E-state index contributed by atoms with van der Waals surface area (Å²) in [5.41, 5.74) is 5.60. The molecule has 0 aliphatic rings. The lowest BCUT2D eigenvalue weighted by atomic mass is 10.1. The van der Waals surface area contributed by atoms with Gasteiger partial charge in [-0.1, -0.05) is 11.6 Å². The second kappa shape index (κ2) is 12.5. The highest BCUT2D eigenvalue weighted by atomic mass is 35.5. The Morgan fingerprint density at radius 2 is 1.71 bits per heavy atom. The molecule has 0 unspecified atom stereocenters. The summed E-state index contributed by atoms with van der Waals surface area (Å²) >= 11 is 5.84. The Hall–Kier alpha value is -4.00. The fraction of sp³-hybridized carbons (Fsp3) is 0.200. The minimum Gasteiger partial charge on any atom is -0.493 e. The number of nitrogens with one attached hydrogen (secondary N) is 2. The third kappa shape index (κ3) is 7.28. The third-order valence-electron chi connectivity index (χ3n) is 5.13. The van der Waals surface area contributed by atoms with Gasteiger partial charge < -0.3 is 25.8 Å². The van der Waals surface area contributed by atoms with Crippen LogP contribution in [0.3, 0.4) is 0 Å². The van der Waals surface area contributed by atoms with E-state index >= 15 is 0 Å². The van der Waals surface area contributed by atoms with Gasteiger partial charge in [-0.3, -0.25) is 9.59 Å². The highest BCUT2D eigenvalue weighted by Crippen LogP contribution is 2.27. The van der Waals surface area contributed by atoms with Crippen LogP contribution in [0.5, 0.6) is 5.75 Å². The molecule has 200 valence electrons. The number of hydrogen-bond donors (Lipinski definition) is 3. The van der Waals surface area contributed by atoms with E-state index in [-0.39, 0.29) is 45.4 Å². The first-order valence-electron chi connectivity index (χ1n) is 11.2. The van der Waals surface area contributed by atoms with Gasteiger partial charge in [-0.05, 0) is 61.5 Å². The van der Waals surface area contributed by atoms with E-state index in [1.807, 2.05) is 0 Å². The van der Waals surface area contributed by atoms with E-state index in [1.165, 1.54) is 55.8 Å². The maximum absolute atomic E-state index is 13.3. The third-order valence-corrected chi connectivity index (χ3v) is 6.47. The van der Waals surface area contributed by atoms with E-state index in [9.17, 15) is 22.8 Å². The number of carbonyl (C=O) groups excluding carboxylic acids is 3. The molecule has 3 aromatic rings. The number of hydrogen-bond acceptors (Lipinski definition) is 9. The summed E-state index contributed by atoms with van der Waals surface area (Å²) in [5, 5.41) is 5.58. The van der Waals surface area contributed by atoms with Crippen molar-refractivity contribution < 1.29 is 32.3 Å². The summed E-state index contributed by atoms with van der Waals surface area (Å²) in [5.74, 6) is -1.80. The lowest BCUT2D eigenvalue weighted by molar-refractivity contribution is 0.0600. The van der Waals surface area contributed by atoms with Crippen molar-refractivity contribution >= 4 is 50.7 Å². The van der Waals surface area contributed by atoms with Gasteiger partial charge in [-0.25, -0.2) is 18.2 Å². The normalized spacial score (nSPS) is 10.9. The predicted molar refractivity (Wildman–Crippen MR) is 142 cm³/mol. The largest absolute Gasteiger partial charge is 0.493 e. The maximum atomic E-state index is 13.3. The number of carbonyl (C=O) groups is 3. The molecule has 2 aromatic carbocycles. The zero-order chi connectivity index (χ0) is 27.9.